The molecule has 180 valence electrons. The number of fused-ring (bicyclic) bond motifs is 1. The highest BCUT2D eigenvalue weighted by Gasteiger charge is 2.32. The molecule has 5 N–H and O–H groups in total. The molecule has 1 fully saturated rings. The summed E-state index contributed by atoms with van der Waals surface area (Å²) in [6.45, 7) is 2.40. The molecular weight excluding hydrogens is 448 g/mol. The molecule has 0 saturated carbocycles. The fraction of sp³-hybridized carbons (Fsp3) is 0.571. The van der Waals surface area contributed by atoms with Gasteiger partial charge in [0.1, 0.15) is 11.8 Å². The van der Waals surface area contributed by atoms with Gasteiger partial charge in [0.05, 0.1) is 18.0 Å². The lowest BCUT2D eigenvalue weighted by Crippen LogP contribution is -2.51. The third kappa shape index (κ3) is 5.74. The summed E-state index contributed by atoms with van der Waals surface area (Å²) in [4.78, 5) is 31.2. The molecule has 3 aliphatic rings. The van der Waals surface area contributed by atoms with E-state index in [1.54, 1.807) is 12.1 Å². The van der Waals surface area contributed by atoms with Crippen molar-refractivity contribution >= 4 is 27.8 Å². The number of hydrogen-bond donors (Lipinski definition) is 4. The van der Waals surface area contributed by atoms with E-state index in [2.05, 4.69) is 20.3 Å². The summed E-state index contributed by atoms with van der Waals surface area (Å²) >= 11 is 0. The van der Waals surface area contributed by atoms with E-state index in [0.717, 1.165) is 5.56 Å². The maximum atomic E-state index is 13.1. The largest absolute Gasteiger partial charge is 0.493 e. The minimum atomic E-state index is -3.89. The number of hydrogen-bond acceptors (Lipinski definition) is 8. The zero-order valence-electron chi connectivity index (χ0n) is 18.4. The number of aliphatic imine (C=N–C) groups is 1. The molecule has 12 heteroatoms. The van der Waals surface area contributed by atoms with Gasteiger partial charge in [-0.1, -0.05) is 0 Å². The van der Waals surface area contributed by atoms with Crippen LogP contribution >= 0.6 is 0 Å². The maximum absolute atomic E-state index is 13.1. The van der Waals surface area contributed by atoms with Crippen molar-refractivity contribution in [1.29, 1.82) is 0 Å². The highest BCUT2D eigenvalue weighted by Crippen LogP contribution is 2.28. The highest BCUT2D eigenvalue weighted by atomic mass is 32.2. The van der Waals surface area contributed by atoms with Crippen LogP contribution < -0.4 is 25.8 Å². The van der Waals surface area contributed by atoms with Crippen LogP contribution in [-0.2, 0) is 26.0 Å². The second-order valence-corrected chi connectivity index (χ2v) is 10.3. The summed E-state index contributed by atoms with van der Waals surface area (Å²) < 4.78 is 33.9. The first-order chi connectivity index (χ1) is 15.8. The monoisotopic (exact) mass is 478 g/mol. The van der Waals surface area contributed by atoms with Crippen LogP contribution in [-0.4, -0.2) is 76.5 Å². The van der Waals surface area contributed by atoms with E-state index in [1.807, 2.05) is 0 Å². The molecule has 33 heavy (non-hydrogen) atoms. The lowest BCUT2D eigenvalue weighted by Gasteiger charge is -2.25. The van der Waals surface area contributed by atoms with Crippen LogP contribution in [0.4, 0.5) is 0 Å². The Morgan fingerprint density at radius 3 is 2.97 bits per heavy atom. The number of carbonyl (C=O) groups excluding carboxylic acids is 2. The molecule has 11 nitrogen and oxygen atoms in total. The van der Waals surface area contributed by atoms with Crippen LogP contribution in [0, 0.1) is 5.92 Å². The van der Waals surface area contributed by atoms with Gasteiger partial charge in [0, 0.05) is 38.5 Å². The lowest BCUT2D eigenvalue weighted by molar-refractivity contribution is -0.136. The summed E-state index contributed by atoms with van der Waals surface area (Å²) in [5.41, 5.74) is 6.42. The maximum Gasteiger partial charge on any atom is 0.241 e. The van der Waals surface area contributed by atoms with Crippen LogP contribution in [0.3, 0.4) is 0 Å². The molecule has 4 rings (SSSR count). The van der Waals surface area contributed by atoms with Crippen molar-refractivity contribution in [1.82, 2.24) is 20.3 Å². The smallest absolute Gasteiger partial charge is 0.241 e. The number of nitrogens with one attached hydrogen (secondary N) is 3. The molecule has 0 aliphatic carbocycles. The van der Waals surface area contributed by atoms with Crippen molar-refractivity contribution in [2.75, 3.05) is 39.3 Å². The Morgan fingerprint density at radius 1 is 1.33 bits per heavy atom. The van der Waals surface area contributed by atoms with E-state index in [1.165, 1.54) is 11.0 Å². The predicted octanol–water partition coefficient (Wildman–Crippen LogP) is -1.07. The summed E-state index contributed by atoms with van der Waals surface area (Å²) in [5.74, 6) is 0.546. The average Bonchev–Trinajstić information content (AvgIpc) is 3.21. The standard InChI is InChI=1S/C21H30N6O5S/c22-21-24-11-14(12-25-21)10-23-19(28)13-27-7-2-1-3-17(20(27)29)26-33(30,31)16-4-5-18-15(9-16)6-8-32-18/h4-5,9,14,17,26H,1-3,6-8,10-13H2,(H,23,28)(H3,22,24,25)/t17-/m0/s1. The number of sulfonamides is 1. The Morgan fingerprint density at radius 2 is 2.18 bits per heavy atom. The van der Waals surface area contributed by atoms with Crippen molar-refractivity contribution < 1.29 is 22.7 Å². The van der Waals surface area contributed by atoms with Crippen molar-refractivity contribution in [3.05, 3.63) is 23.8 Å². The average molecular weight is 479 g/mol. The summed E-state index contributed by atoms with van der Waals surface area (Å²) in [6, 6.07) is 3.81. The van der Waals surface area contributed by atoms with Gasteiger partial charge in [0.2, 0.25) is 21.8 Å². The minimum absolute atomic E-state index is 0.109. The molecular formula is C21H30N6O5S. The molecule has 0 bridgehead atoms. The van der Waals surface area contributed by atoms with E-state index in [0.29, 0.717) is 70.2 Å². The number of guanidine groups is 1. The lowest BCUT2D eigenvalue weighted by atomic mass is 10.1. The summed E-state index contributed by atoms with van der Waals surface area (Å²) in [6.07, 6.45) is 2.42. The molecule has 1 aromatic carbocycles. The molecule has 0 aromatic heterocycles. The molecule has 0 spiro atoms. The molecule has 1 unspecified atom stereocenters. The quantitative estimate of drug-likeness (QED) is 0.389. The number of benzene rings is 1. The summed E-state index contributed by atoms with van der Waals surface area (Å²) in [5, 5.41) is 5.78. The molecule has 0 radical (unpaired) electrons. The molecule has 3 aliphatic heterocycles. The van der Waals surface area contributed by atoms with Gasteiger partial charge in [-0.15, -0.1) is 0 Å². The van der Waals surface area contributed by atoms with Gasteiger partial charge in [0.15, 0.2) is 5.96 Å². The Balaban J connectivity index is 1.35. The van der Waals surface area contributed by atoms with Gasteiger partial charge >= 0.3 is 0 Å². The van der Waals surface area contributed by atoms with Crippen LogP contribution in [0.15, 0.2) is 28.1 Å². The van der Waals surface area contributed by atoms with Crippen molar-refractivity contribution in [3.63, 3.8) is 0 Å². The van der Waals surface area contributed by atoms with E-state index in [-0.39, 0.29) is 29.2 Å². The van der Waals surface area contributed by atoms with Gasteiger partial charge in [0.25, 0.3) is 0 Å². The number of nitrogens with two attached hydrogens (primary N) is 1. The van der Waals surface area contributed by atoms with Crippen molar-refractivity contribution in [2.24, 2.45) is 16.6 Å². The van der Waals surface area contributed by atoms with E-state index in [4.69, 9.17) is 10.5 Å². The number of nitrogens with zero attached hydrogens (tertiary/aromatic N) is 2. The summed E-state index contributed by atoms with van der Waals surface area (Å²) in [7, 11) is -3.89. The van der Waals surface area contributed by atoms with E-state index >= 15 is 0 Å². The first-order valence-electron chi connectivity index (χ1n) is 11.2. The van der Waals surface area contributed by atoms with Crippen molar-refractivity contribution in [3.8, 4) is 5.75 Å². The normalized spacial score (nSPS) is 23.1. The fourth-order valence-corrected chi connectivity index (χ4v) is 5.45. The first-order valence-corrected chi connectivity index (χ1v) is 12.7. The van der Waals surface area contributed by atoms with Crippen LogP contribution in [0.5, 0.6) is 5.75 Å². The highest BCUT2D eigenvalue weighted by molar-refractivity contribution is 7.89. The number of amides is 2. The van der Waals surface area contributed by atoms with Gasteiger partial charge in [-0.25, -0.2) is 8.42 Å². The number of carbonyl (C=O) groups is 2. The van der Waals surface area contributed by atoms with Crippen LogP contribution in [0.25, 0.3) is 0 Å². The zero-order valence-corrected chi connectivity index (χ0v) is 19.2. The Hall–Kier alpha value is -2.86. The van der Waals surface area contributed by atoms with Gasteiger partial charge in [-0.3, -0.25) is 14.6 Å². The fourth-order valence-electron chi connectivity index (χ4n) is 4.18. The molecule has 1 aromatic rings. The Bertz CT molecular complexity index is 1040. The van der Waals surface area contributed by atoms with Crippen LogP contribution in [0.2, 0.25) is 0 Å². The molecule has 2 amide bonds. The topological polar surface area (TPSA) is 155 Å². The second-order valence-electron chi connectivity index (χ2n) is 8.57. The zero-order chi connectivity index (χ0) is 23.4. The van der Waals surface area contributed by atoms with Crippen LogP contribution in [0.1, 0.15) is 24.8 Å². The molecule has 3 heterocycles. The number of ether oxygens (including phenoxy) is 1. The number of likely N-dealkylation sites (tertiary alicyclic amines) is 1. The predicted molar refractivity (Wildman–Crippen MR) is 121 cm³/mol. The first kappa shape index (κ1) is 23.3. The van der Waals surface area contributed by atoms with E-state index < -0.39 is 16.1 Å². The Labute approximate surface area is 193 Å². The third-order valence-electron chi connectivity index (χ3n) is 6.06. The van der Waals surface area contributed by atoms with Gasteiger partial charge < -0.3 is 26.0 Å². The van der Waals surface area contributed by atoms with Crippen molar-refractivity contribution in [2.45, 2.75) is 36.6 Å². The number of rotatable bonds is 7. The van der Waals surface area contributed by atoms with E-state index in [9.17, 15) is 18.0 Å². The minimum Gasteiger partial charge on any atom is -0.493 e. The molecule has 2 atom stereocenters. The SMILES string of the molecule is NC1=NCC(CNC(=O)CN2CCCC[C@H](NS(=O)(=O)c3ccc4c(c3)CCO4)C2=O)CN1. The molecule has 1 saturated heterocycles. The second kappa shape index (κ2) is 9.96. The Kier molecular flexibility index (Phi) is 7.03. The van der Waals surface area contributed by atoms with Gasteiger partial charge in [-0.2, -0.15) is 4.72 Å². The van der Waals surface area contributed by atoms with Gasteiger partial charge in [-0.05, 0) is 43.0 Å². The third-order valence-corrected chi connectivity index (χ3v) is 7.53.